The summed E-state index contributed by atoms with van der Waals surface area (Å²) in [5, 5.41) is 10.6. The number of aliphatic hydroxyl groups is 1. The van der Waals surface area contributed by atoms with E-state index in [2.05, 4.69) is 41.5 Å². The molecular formula is C70H136O17P2. The highest BCUT2D eigenvalue weighted by Gasteiger charge is 2.30. The van der Waals surface area contributed by atoms with Gasteiger partial charge in [0.25, 0.3) is 0 Å². The number of ether oxygens (including phenoxy) is 4. The van der Waals surface area contributed by atoms with Crippen molar-refractivity contribution in [2.24, 2.45) is 11.8 Å². The van der Waals surface area contributed by atoms with E-state index < -0.39 is 97.5 Å². The Kier molecular flexibility index (Phi) is 60.8. The van der Waals surface area contributed by atoms with Crippen LogP contribution >= 0.6 is 15.6 Å². The van der Waals surface area contributed by atoms with E-state index in [9.17, 15) is 43.2 Å². The monoisotopic (exact) mass is 1310 g/mol. The summed E-state index contributed by atoms with van der Waals surface area (Å²) in [7, 11) is -9.90. The van der Waals surface area contributed by atoms with Gasteiger partial charge in [-0.05, 0) is 37.5 Å². The number of esters is 4. The Labute approximate surface area is 543 Å². The lowest BCUT2D eigenvalue weighted by Gasteiger charge is -2.21. The summed E-state index contributed by atoms with van der Waals surface area (Å²) in [5.74, 6) is -0.634. The number of carbonyl (C=O) groups is 4. The summed E-state index contributed by atoms with van der Waals surface area (Å²) in [6.45, 7) is 9.50. The van der Waals surface area contributed by atoms with E-state index in [1.807, 2.05) is 0 Å². The second kappa shape index (κ2) is 62.2. The molecule has 3 N–H and O–H groups in total. The average molecular weight is 1310 g/mol. The summed E-state index contributed by atoms with van der Waals surface area (Å²) >= 11 is 0. The van der Waals surface area contributed by atoms with E-state index in [1.54, 1.807) is 0 Å². The minimum Gasteiger partial charge on any atom is -0.462 e. The predicted molar refractivity (Wildman–Crippen MR) is 358 cm³/mol. The van der Waals surface area contributed by atoms with Gasteiger partial charge < -0.3 is 33.8 Å². The van der Waals surface area contributed by atoms with Crippen molar-refractivity contribution in [3.05, 3.63) is 0 Å². The molecule has 3 unspecified atom stereocenters. The minimum absolute atomic E-state index is 0.106. The maximum atomic E-state index is 13.0. The third-order valence-corrected chi connectivity index (χ3v) is 18.5. The Balaban J connectivity index is 5.25. The summed E-state index contributed by atoms with van der Waals surface area (Å²) < 4.78 is 68.3. The zero-order chi connectivity index (χ0) is 65.7. The number of aliphatic hydroxyl groups excluding tert-OH is 1. The first kappa shape index (κ1) is 87.1. The van der Waals surface area contributed by atoms with Gasteiger partial charge in [-0.2, -0.15) is 0 Å². The van der Waals surface area contributed by atoms with Gasteiger partial charge in [-0.1, -0.05) is 305 Å². The average Bonchev–Trinajstić information content (AvgIpc) is 3.72. The zero-order valence-electron chi connectivity index (χ0n) is 57.7. The van der Waals surface area contributed by atoms with Gasteiger partial charge in [0.15, 0.2) is 12.2 Å². The SMILES string of the molecule is CCCCCCCCCCCCCCCCCC(=O)O[C@H](COC(=O)CCCCCCCCCCCCC(C)C)COP(=O)(O)OC[C@@H](O)COP(=O)(O)OC[C@@H](COC(=O)CCCCCCCCC(C)CC)OC(=O)CCCCCCCCCCCCC. The molecule has 0 rings (SSSR count). The highest BCUT2D eigenvalue weighted by molar-refractivity contribution is 7.47. The highest BCUT2D eigenvalue weighted by atomic mass is 31.2. The third kappa shape index (κ3) is 63.2. The molecule has 0 amide bonds. The molecule has 19 heteroatoms. The van der Waals surface area contributed by atoms with Gasteiger partial charge in [-0.3, -0.25) is 37.3 Å². The first-order valence-corrected chi connectivity index (χ1v) is 39.5. The lowest BCUT2D eigenvalue weighted by atomic mass is 10.00. The molecule has 0 saturated heterocycles. The van der Waals surface area contributed by atoms with Gasteiger partial charge in [0.05, 0.1) is 26.4 Å². The molecule has 0 spiro atoms. The smallest absolute Gasteiger partial charge is 0.462 e. The van der Waals surface area contributed by atoms with E-state index in [-0.39, 0.29) is 25.7 Å². The number of hydrogen-bond acceptors (Lipinski definition) is 15. The van der Waals surface area contributed by atoms with E-state index >= 15 is 0 Å². The minimum atomic E-state index is -4.95. The Bertz CT molecular complexity index is 1740. The molecule has 0 aliphatic carbocycles. The van der Waals surface area contributed by atoms with Crippen molar-refractivity contribution in [2.45, 2.75) is 374 Å². The number of unbranched alkanes of at least 4 members (excludes halogenated alkanes) is 38. The van der Waals surface area contributed by atoms with Crippen LogP contribution in [0.4, 0.5) is 0 Å². The van der Waals surface area contributed by atoms with E-state index in [0.29, 0.717) is 25.7 Å². The summed E-state index contributed by atoms with van der Waals surface area (Å²) in [6, 6.07) is 0. The lowest BCUT2D eigenvalue weighted by Crippen LogP contribution is -2.30. The van der Waals surface area contributed by atoms with Crippen molar-refractivity contribution < 1.29 is 80.2 Å². The molecular weight excluding hydrogens is 1170 g/mol. The molecule has 89 heavy (non-hydrogen) atoms. The van der Waals surface area contributed by atoms with Gasteiger partial charge in [0, 0.05) is 25.7 Å². The Morgan fingerprint density at radius 2 is 0.573 bits per heavy atom. The number of phosphoric acid groups is 2. The summed E-state index contributed by atoms with van der Waals surface area (Å²) in [5.41, 5.74) is 0. The second-order valence-corrected chi connectivity index (χ2v) is 28.9. The second-order valence-electron chi connectivity index (χ2n) is 26.0. The van der Waals surface area contributed by atoms with Crippen molar-refractivity contribution in [2.75, 3.05) is 39.6 Å². The third-order valence-electron chi connectivity index (χ3n) is 16.6. The fourth-order valence-electron chi connectivity index (χ4n) is 10.6. The van der Waals surface area contributed by atoms with Crippen molar-refractivity contribution in [3.63, 3.8) is 0 Å². The number of carbonyl (C=O) groups excluding carboxylic acids is 4. The van der Waals surface area contributed by atoms with Crippen molar-refractivity contribution >= 4 is 39.5 Å². The molecule has 0 bridgehead atoms. The largest absolute Gasteiger partial charge is 0.472 e. The van der Waals surface area contributed by atoms with Crippen molar-refractivity contribution in [1.82, 2.24) is 0 Å². The molecule has 17 nitrogen and oxygen atoms in total. The molecule has 0 fully saturated rings. The fourth-order valence-corrected chi connectivity index (χ4v) is 12.1. The number of rotatable bonds is 69. The Morgan fingerprint density at radius 1 is 0.326 bits per heavy atom. The first-order valence-electron chi connectivity index (χ1n) is 36.5. The summed E-state index contributed by atoms with van der Waals surface area (Å²) in [4.78, 5) is 72.5. The molecule has 0 saturated carbocycles. The van der Waals surface area contributed by atoms with Gasteiger partial charge >= 0.3 is 39.5 Å². The molecule has 0 aromatic rings. The van der Waals surface area contributed by atoms with Crippen LogP contribution in [0.2, 0.25) is 0 Å². The summed E-state index contributed by atoms with van der Waals surface area (Å²) in [6.07, 6.45) is 47.1. The van der Waals surface area contributed by atoms with Crippen LogP contribution in [-0.2, 0) is 65.4 Å². The topological polar surface area (TPSA) is 237 Å². The fraction of sp³-hybridized carbons (Fsp3) is 0.943. The maximum Gasteiger partial charge on any atom is 0.472 e. The van der Waals surface area contributed by atoms with Crippen LogP contribution in [0.1, 0.15) is 356 Å². The van der Waals surface area contributed by atoms with Gasteiger partial charge in [0.1, 0.15) is 19.3 Å². The molecule has 0 heterocycles. The van der Waals surface area contributed by atoms with Gasteiger partial charge in [-0.25, -0.2) is 9.13 Å². The van der Waals surface area contributed by atoms with Crippen molar-refractivity contribution in [1.29, 1.82) is 0 Å². The molecule has 0 aromatic carbocycles. The number of hydrogen-bond donors (Lipinski definition) is 3. The highest BCUT2D eigenvalue weighted by Crippen LogP contribution is 2.45. The maximum absolute atomic E-state index is 13.0. The molecule has 0 aliphatic rings. The van der Waals surface area contributed by atoms with Crippen LogP contribution in [0.5, 0.6) is 0 Å². The molecule has 528 valence electrons. The van der Waals surface area contributed by atoms with E-state index in [0.717, 1.165) is 108 Å². The standard InChI is InChI=1S/C70H136O17P2/c1-7-10-12-14-16-18-20-21-22-23-25-31-35-43-49-55-70(75)86-65(58-80-67(72)52-46-40-33-29-27-26-28-32-38-44-50-62(4)5)60-84-88(76,77)82-56-64(71)57-83-89(78,79)85-61-66(59-81-68(73)53-47-41-37-36-39-45-51-63(6)9-3)87-69(74)54-48-42-34-30-24-19-17-15-13-11-8-2/h62-66,71H,7-61H2,1-6H3,(H,76,77)(H,78,79)/t63?,64-,65-,66-/m1/s1. The van der Waals surface area contributed by atoms with Crippen LogP contribution in [0, 0.1) is 11.8 Å². The quantitative estimate of drug-likeness (QED) is 0.0222. The number of phosphoric ester groups is 2. The molecule has 0 radical (unpaired) electrons. The molecule has 0 aromatic heterocycles. The van der Waals surface area contributed by atoms with Crippen LogP contribution in [0.25, 0.3) is 0 Å². The first-order chi connectivity index (χ1) is 42.9. The van der Waals surface area contributed by atoms with Crippen molar-refractivity contribution in [3.8, 4) is 0 Å². The zero-order valence-corrected chi connectivity index (χ0v) is 59.5. The predicted octanol–water partition coefficient (Wildman–Crippen LogP) is 20.0. The lowest BCUT2D eigenvalue weighted by molar-refractivity contribution is -0.161. The van der Waals surface area contributed by atoms with Gasteiger partial charge in [-0.15, -0.1) is 0 Å². The Hall–Kier alpha value is -1.94. The van der Waals surface area contributed by atoms with Gasteiger partial charge in [0.2, 0.25) is 0 Å². The normalized spacial score (nSPS) is 14.4. The van der Waals surface area contributed by atoms with Crippen LogP contribution in [0.15, 0.2) is 0 Å². The van der Waals surface area contributed by atoms with E-state index in [1.165, 1.54) is 167 Å². The van der Waals surface area contributed by atoms with E-state index in [4.69, 9.17) is 37.0 Å². The van der Waals surface area contributed by atoms with Crippen LogP contribution < -0.4 is 0 Å². The molecule has 0 aliphatic heterocycles. The van der Waals surface area contributed by atoms with Crippen LogP contribution in [0.3, 0.4) is 0 Å². The van der Waals surface area contributed by atoms with Crippen LogP contribution in [-0.4, -0.2) is 96.7 Å². The Morgan fingerprint density at radius 3 is 0.854 bits per heavy atom. The molecule has 6 atom stereocenters.